The van der Waals surface area contributed by atoms with Gasteiger partial charge in [-0.15, -0.1) is 0 Å². The second kappa shape index (κ2) is 8.81. The summed E-state index contributed by atoms with van der Waals surface area (Å²) < 4.78 is 17.7. The average molecular weight is 378 g/mol. The molecule has 2 N–H and O–H groups in total. The van der Waals surface area contributed by atoms with Crippen molar-refractivity contribution in [2.45, 2.75) is 6.54 Å². The van der Waals surface area contributed by atoms with E-state index in [2.05, 4.69) is 15.4 Å². The molecule has 0 saturated carbocycles. The molecule has 28 heavy (non-hydrogen) atoms. The lowest BCUT2D eigenvalue weighted by atomic mass is 10.1. The minimum Gasteiger partial charge on any atom is -0.465 e. The van der Waals surface area contributed by atoms with Crippen molar-refractivity contribution in [1.82, 2.24) is 5.32 Å². The zero-order valence-corrected chi connectivity index (χ0v) is 15.2. The van der Waals surface area contributed by atoms with Crippen LogP contribution in [0.2, 0.25) is 0 Å². The average Bonchev–Trinajstić information content (AvgIpc) is 2.74. The molecule has 5 nitrogen and oxygen atoms in total. The first-order valence-electron chi connectivity index (χ1n) is 8.64. The van der Waals surface area contributed by atoms with Crippen LogP contribution >= 0.6 is 0 Å². The number of methoxy groups -OCH3 is 1. The number of nitrogens with one attached hydrogen (secondary N) is 2. The van der Waals surface area contributed by atoms with E-state index in [1.807, 2.05) is 6.07 Å². The van der Waals surface area contributed by atoms with Gasteiger partial charge in [0.15, 0.2) is 0 Å². The third-order valence-electron chi connectivity index (χ3n) is 4.12. The molecule has 3 rings (SSSR count). The van der Waals surface area contributed by atoms with Crippen molar-refractivity contribution in [3.8, 4) is 0 Å². The van der Waals surface area contributed by atoms with E-state index in [9.17, 15) is 14.0 Å². The molecule has 0 aromatic heterocycles. The number of esters is 1. The van der Waals surface area contributed by atoms with Crippen molar-refractivity contribution in [2.75, 3.05) is 12.4 Å². The summed E-state index contributed by atoms with van der Waals surface area (Å²) in [5.74, 6) is -0.978. The Balaban J connectivity index is 1.67. The lowest BCUT2D eigenvalue weighted by Gasteiger charge is -2.12. The first-order valence-corrected chi connectivity index (χ1v) is 8.64. The van der Waals surface area contributed by atoms with E-state index in [1.165, 1.54) is 19.2 Å². The summed E-state index contributed by atoms with van der Waals surface area (Å²) >= 11 is 0. The number of hydrogen-bond donors (Lipinski definition) is 2. The highest BCUT2D eigenvalue weighted by Gasteiger charge is 2.11. The molecule has 0 saturated heterocycles. The quantitative estimate of drug-likeness (QED) is 0.628. The van der Waals surface area contributed by atoms with Crippen molar-refractivity contribution < 1.29 is 18.7 Å². The Morgan fingerprint density at radius 1 is 0.929 bits per heavy atom. The van der Waals surface area contributed by atoms with Gasteiger partial charge in [-0.2, -0.15) is 0 Å². The van der Waals surface area contributed by atoms with Crippen molar-refractivity contribution in [3.05, 3.63) is 95.3 Å². The minimum atomic E-state index is -0.406. The van der Waals surface area contributed by atoms with Gasteiger partial charge < -0.3 is 15.4 Å². The first-order chi connectivity index (χ1) is 13.6. The van der Waals surface area contributed by atoms with Gasteiger partial charge in [-0.1, -0.05) is 24.3 Å². The molecular weight excluding hydrogens is 359 g/mol. The number of amides is 1. The number of anilines is 2. The second-order valence-electron chi connectivity index (χ2n) is 6.05. The van der Waals surface area contributed by atoms with Crippen LogP contribution in [0.1, 0.15) is 26.3 Å². The van der Waals surface area contributed by atoms with Crippen molar-refractivity contribution >= 4 is 23.3 Å². The fraction of sp³-hybridized carbons (Fsp3) is 0.0909. The number of para-hydroxylation sites is 1. The number of carbonyl (C=O) groups excluding carboxylic acids is 2. The van der Waals surface area contributed by atoms with E-state index < -0.39 is 5.97 Å². The standard InChI is InChI=1S/C22H19FN2O3/c1-28-22(27)16-8-6-15(7-9-16)14-24-21(26)19-4-2-3-5-20(19)25-18-12-10-17(23)11-13-18/h2-13,25H,14H2,1H3,(H,24,26). The number of carbonyl (C=O) groups is 2. The largest absolute Gasteiger partial charge is 0.465 e. The van der Waals surface area contributed by atoms with Gasteiger partial charge >= 0.3 is 5.97 Å². The topological polar surface area (TPSA) is 67.4 Å². The third-order valence-corrected chi connectivity index (χ3v) is 4.12. The van der Waals surface area contributed by atoms with Crippen LogP contribution in [0.4, 0.5) is 15.8 Å². The number of hydrogen-bond acceptors (Lipinski definition) is 4. The molecule has 0 unspecified atom stereocenters. The van der Waals surface area contributed by atoms with Gasteiger partial charge in [-0.3, -0.25) is 4.79 Å². The maximum Gasteiger partial charge on any atom is 0.337 e. The summed E-state index contributed by atoms with van der Waals surface area (Å²) in [5.41, 5.74) is 3.07. The summed E-state index contributed by atoms with van der Waals surface area (Å²) in [6.07, 6.45) is 0. The van der Waals surface area contributed by atoms with Crippen LogP contribution in [0, 0.1) is 5.82 Å². The Kier molecular flexibility index (Phi) is 6.01. The van der Waals surface area contributed by atoms with Gasteiger partial charge in [-0.25, -0.2) is 9.18 Å². The van der Waals surface area contributed by atoms with Crippen LogP contribution in [0.3, 0.4) is 0 Å². The Labute approximate surface area is 162 Å². The van der Waals surface area contributed by atoms with Gasteiger partial charge in [0.05, 0.1) is 23.9 Å². The molecule has 0 aliphatic rings. The number of benzene rings is 3. The fourth-order valence-corrected chi connectivity index (χ4v) is 2.63. The second-order valence-corrected chi connectivity index (χ2v) is 6.05. The molecule has 3 aromatic carbocycles. The number of rotatable bonds is 6. The lowest BCUT2D eigenvalue weighted by molar-refractivity contribution is 0.0600. The molecule has 0 atom stereocenters. The molecule has 0 fully saturated rings. The van der Waals surface area contributed by atoms with Gasteiger partial charge in [0, 0.05) is 12.2 Å². The third kappa shape index (κ3) is 4.73. The highest BCUT2D eigenvalue weighted by Crippen LogP contribution is 2.21. The SMILES string of the molecule is COC(=O)c1ccc(CNC(=O)c2ccccc2Nc2ccc(F)cc2)cc1. The molecule has 142 valence electrons. The molecule has 0 aliphatic heterocycles. The van der Waals surface area contributed by atoms with Crippen molar-refractivity contribution in [1.29, 1.82) is 0 Å². The molecule has 0 aliphatic carbocycles. The Bertz CT molecular complexity index is 970. The Morgan fingerprint density at radius 3 is 2.29 bits per heavy atom. The first kappa shape index (κ1) is 19.1. The molecule has 0 heterocycles. The van der Waals surface area contributed by atoms with Crippen LogP contribution < -0.4 is 10.6 Å². The summed E-state index contributed by atoms with van der Waals surface area (Å²) in [5, 5.41) is 5.98. The maximum atomic E-state index is 13.1. The molecular formula is C22H19FN2O3. The Morgan fingerprint density at radius 2 is 1.61 bits per heavy atom. The summed E-state index contributed by atoms with van der Waals surface area (Å²) in [4.78, 5) is 24.1. The normalized spacial score (nSPS) is 10.2. The molecule has 1 amide bonds. The van der Waals surface area contributed by atoms with E-state index in [1.54, 1.807) is 54.6 Å². The minimum absolute atomic E-state index is 0.248. The maximum absolute atomic E-state index is 13.1. The van der Waals surface area contributed by atoms with E-state index >= 15 is 0 Å². The lowest BCUT2D eigenvalue weighted by Crippen LogP contribution is -2.23. The van der Waals surface area contributed by atoms with Crippen LogP contribution in [0.15, 0.2) is 72.8 Å². The van der Waals surface area contributed by atoms with Crippen molar-refractivity contribution in [2.24, 2.45) is 0 Å². The van der Waals surface area contributed by atoms with Gasteiger partial charge in [-0.05, 0) is 54.1 Å². The fourth-order valence-electron chi connectivity index (χ4n) is 2.63. The van der Waals surface area contributed by atoms with Crippen LogP contribution in [0.25, 0.3) is 0 Å². The predicted octanol–water partition coefficient (Wildman–Crippen LogP) is 4.29. The zero-order chi connectivity index (χ0) is 19.9. The smallest absolute Gasteiger partial charge is 0.337 e. The van der Waals surface area contributed by atoms with Gasteiger partial charge in [0.1, 0.15) is 5.82 Å². The van der Waals surface area contributed by atoms with Crippen LogP contribution in [0.5, 0.6) is 0 Å². The van der Waals surface area contributed by atoms with E-state index in [4.69, 9.17) is 0 Å². The highest BCUT2D eigenvalue weighted by atomic mass is 19.1. The van der Waals surface area contributed by atoms with Crippen molar-refractivity contribution in [3.63, 3.8) is 0 Å². The van der Waals surface area contributed by atoms with E-state index in [0.717, 1.165) is 5.56 Å². The molecule has 0 spiro atoms. The molecule has 6 heteroatoms. The monoisotopic (exact) mass is 378 g/mol. The summed E-state index contributed by atoms with van der Waals surface area (Å²) in [7, 11) is 1.33. The van der Waals surface area contributed by atoms with E-state index in [0.29, 0.717) is 29.0 Å². The van der Waals surface area contributed by atoms with E-state index in [-0.39, 0.29) is 11.7 Å². The molecule has 3 aromatic rings. The highest BCUT2D eigenvalue weighted by molar-refractivity contribution is 6.00. The molecule has 0 radical (unpaired) electrons. The van der Waals surface area contributed by atoms with Crippen LogP contribution in [-0.2, 0) is 11.3 Å². The predicted molar refractivity (Wildman–Crippen MR) is 105 cm³/mol. The van der Waals surface area contributed by atoms with Gasteiger partial charge in [0.2, 0.25) is 0 Å². The number of ether oxygens (including phenoxy) is 1. The van der Waals surface area contributed by atoms with Gasteiger partial charge in [0.25, 0.3) is 5.91 Å². The summed E-state index contributed by atoms with van der Waals surface area (Å²) in [6, 6.07) is 19.8. The zero-order valence-electron chi connectivity index (χ0n) is 15.2. The number of halogens is 1. The summed E-state index contributed by atoms with van der Waals surface area (Å²) in [6.45, 7) is 0.311. The molecule has 0 bridgehead atoms. The van der Waals surface area contributed by atoms with Crippen LogP contribution in [-0.4, -0.2) is 19.0 Å². The Hall–Kier alpha value is -3.67.